The molecule has 7 heteroatoms. The number of likely N-dealkylation sites (tertiary alicyclic amines) is 2. The molecule has 3 aliphatic rings. The zero-order valence-corrected chi connectivity index (χ0v) is 21.2. The zero-order valence-electron chi connectivity index (χ0n) is 21.2. The van der Waals surface area contributed by atoms with Crippen molar-refractivity contribution in [2.45, 2.75) is 50.9 Å². The van der Waals surface area contributed by atoms with Crippen LogP contribution in [-0.2, 0) is 11.2 Å². The molecule has 37 heavy (non-hydrogen) atoms. The smallest absolute Gasteiger partial charge is 0.236 e. The number of piperidine rings is 2. The van der Waals surface area contributed by atoms with Gasteiger partial charge in [0.15, 0.2) is 0 Å². The Morgan fingerprint density at radius 2 is 1.81 bits per heavy atom. The Morgan fingerprint density at radius 1 is 0.973 bits per heavy atom. The number of aryl methyl sites for hydroxylation is 1. The first kappa shape index (κ1) is 23.9. The van der Waals surface area contributed by atoms with Gasteiger partial charge in [-0.2, -0.15) is 0 Å². The van der Waals surface area contributed by atoms with Crippen molar-refractivity contribution < 1.29 is 14.4 Å². The minimum atomic E-state index is 0.177. The van der Waals surface area contributed by atoms with Gasteiger partial charge in [0.05, 0.1) is 12.3 Å². The fourth-order valence-corrected chi connectivity index (χ4v) is 6.13. The Morgan fingerprint density at radius 3 is 2.62 bits per heavy atom. The molecule has 1 aliphatic carbocycles. The molecular formula is C30H34N4O3. The topological polar surface area (TPSA) is 82.2 Å². The lowest BCUT2D eigenvalue weighted by molar-refractivity contribution is -0.133. The van der Waals surface area contributed by atoms with E-state index in [4.69, 9.17) is 4.42 Å². The first-order chi connectivity index (χ1) is 18.2. The quantitative estimate of drug-likeness (QED) is 0.380. The van der Waals surface area contributed by atoms with Crippen molar-refractivity contribution in [3.63, 3.8) is 0 Å². The Kier molecular flexibility index (Phi) is 6.79. The molecule has 2 aliphatic heterocycles. The molecule has 0 spiro atoms. The van der Waals surface area contributed by atoms with Crippen molar-refractivity contribution in [2.75, 3.05) is 32.7 Å². The summed E-state index contributed by atoms with van der Waals surface area (Å²) in [5.41, 5.74) is 6.10. The van der Waals surface area contributed by atoms with Crippen LogP contribution in [0.5, 0.6) is 0 Å². The van der Waals surface area contributed by atoms with Crippen molar-refractivity contribution in [1.82, 2.24) is 14.8 Å². The summed E-state index contributed by atoms with van der Waals surface area (Å²) in [6.45, 7) is 4.13. The van der Waals surface area contributed by atoms with Gasteiger partial charge in [0.25, 0.3) is 0 Å². The summed E-state index contributed by atoms with van der Waals surface area (Å²) in [7, 11) is 0. The molecule has 1 aromatic carbocycles. The number of hydrogen-bond acceptors (Lipinski definition) is 6. The third-order valence-electron chi connectivity index (χ3n) is 8.16. The monoisotopic (exact) mass is 498 g/mol. The van der Waals surface area contributed by atoms with Gasteiger partial charge < -0.3 is 14.5 Å². The summed E-state index contributed by atoms with van der Waals surface area (Å²) >= 11 is 0. The number of benzene rings is 1. The molecule has 6 rings (SSSR count). The summed E-state index contributed by atoms with van der Waals surface area (Å²) in [4.78, 5) is 21.7. The third kappa shape index (κ3) is 4.92. The molecule has 1 N–H and O–H groups in total. The van der Waals surface area contributed by atoms with E-state index in [0.29, 0.717) is 13.1 Å². The van der Waals surface area contributed by atoms with Gasteiger partial charge in [-0.15, -0.1) is 0 Å². The summed E-state index contributed by atoms with van der Waals surface area (Å²) < 4.78 is 6.59. The molecular weight excluding hydrogens is 464 g/mol. The molecule has 0 radical (unpaired) electrons. The molecule has 0 bridgehead atoms. The van der Waals surface area contributed by atoms with Crippen molar-refractivity contribution in [3.8, 4) is 22.5 Å². The molecule has 2 aromatic heterocycles. The van der Waals surface area contributed by atoms with Gasteiger partial charge in [-0.3, -0.25) is 14.7 Å². The number of amides is 1. The average molecular weight is 499 g/mol. The fraction of sp³-hybridized carbons (Fsp3) is 0.433. The van der Waals surface area contributed by atoms with Gasteiger partial charge in [0, 0.05) is 48.1 Å². The van der Waals surface area contributed by atoms with E-state index in [2.05, 4.69) is 39.3 Å². The highest BCUT2D eigenvalue weighted by atomic mass is 16.4. The van der Waals surface area contributed by atoms with Crippen LogP contribution in [0.25, 0.3) is 22.5 Å². The fourth-order valence-electron chi connectivity index (χ4n) is 6.13. The summed E-state index contributed by atoms with van der Waals surface area (Å²) in [5.74, 6) is 2.20. The maximum Gasteiger partial charge on any atom is 0.236 e. The van der Waals surface area contributed by atoms with E-state index in [1.165, 1.54) is 24.8 Å². The normalized spacial score (nSPS) is 21.4. The Hall–Kier alpha value is -3.45. The van der Waals surface area contributed by atoms with Gasteiger partial charge in [-0.05, 0) is 80.9 Å². The maximum atomic E-state index is 13.1. The average Bonchev–Trinajstić information content (AvgIpc) is 3.58. The van der Waals surface area contributed by atoms with Crippen molar-refractivity contribution in [3.05, 3.63) is 65.7 Å². The van der Waals surface area contributed by atoms with Crippen molar-refractivity contribution in [1.29, 1.82) is 0 Å². The van der Waals surface area contributed by atoms with Crippen LogP contribution < -0.4 is 0 Å². The predicted octanol–water partition coefficient (Wildman–Crippen LogP) is 5.33. The Balaban J connectivity index is 1.28. The minimum absolute atomic E-state index is 0.177. The van der Waals surface area contributed by atoms with Crippen LogP contribution in [0.15, 0.2) is 58.4 Å². The number of pyridine rings is 1. The standard InChI is InChI=1S/C30H34N4O3/c35-29(20-33-14-2-1-3-15-33)34-16-4-5-24(19-34)28-18-26(30(37-28)21-10-12-31-13-11-21)23-6-8-25-22(17-23)7-9-27(25)32-36/h6,8,10-13,17-18,24,36H,1-5,7,9,14-16,19-20H2/b32-27-. The van der Waals surface area contributed by atoms with E-state index in [0.717, 1.165) is 84.8 Å². The summed E-state index contributed by atoms with van der Waals surface area (Å²) in [6.07, 6.45) is 10.9. The third-order valence-corrected chi connectivity index (χ3v) is 8.16. The van der Waals surface area contributed by atoms with Crippen LogP contribution in [-0.4, -0.2) is 64.3 Å². The van der Waals surface area contributed by atoms with E-state index in [9.17, 15) is 10.0 Å². The van der Waals surface area contributed by atoms with Crippen LogP contribution in [0.3, 0.4) is 0 Å². The van der Waals surface area contributed by atoms with Crippen LogP contribution in [0.4, 0.5) is 0 Å². The number of nitrogens with zero attached hydrogens (tertiary/aromatic N) is 4. The lowest BCUT2D eigenvalue weighted by Gasteiger charge is -2.34. The van der Waals surface area contributed by atoms with Crippen LogP contribution in [0, 0.1) is 0 Å². The molecule has 3 aromatic rings. The van der Waals surface area contributed by atoms with Crippen molar-refractivity contribution >= 4 is 11.6 Å². The van der Waals surface area contributed by atoms with Crippen molar-refractivity contribution in [2.24, 2.45) is 5.16 Å². The number of carbonyl (C=O) groups excluding carboxylic acids is 1. The van der Waals surface area contributed by atoms with Crippen LogP contribution in [0.1, 0.15) is 61.3 Å². The number of aromatic nitrogens is 1. The molecule has 2 saturated heterocycles. The first-order valence-electron chi connectivity index (χ1n) is 13.6. The number of furan rings is 1. The van der Waals surface area contributed by atoms with E-state index in [1.54, 1.807) is 12.4 Å². The van der Waals surface area contributed by atoms with E-state index in [-0.39, 0.29) is 11.8 Å². The number of rotatable bonds is 5. The SMILES string of the molecule is O=C(CN1CCCCC1)N1CCCC(c2cc(-c3ccc4c(c3)CC/C4=N/O)c(-c3ccncc3)o2)C1. The number of carbonyl (C=O) groups is 1. The molecule has 0 saturated carbocycles. The molecule has 192 valence electrons. The Labute approximate surface area is 217 Å². The molecule has 7 nitrogen and oxygen atoms in total. The maximum absolute atomic E-state index is 13.1. The van der Waals surface area contributed by atoms with Gasteiger partial charge >= 0.3 is 0 Å². The van der Waals surface area contributed by atoms with Crippen LogP contribution in [0.2, 0.25) is 0 Å². The second kappa shape index (κ2) is 10.5. The van der Waals surface area contributed by atoms with E-state index < -0.39 is 0 Å². The second-order valence-electron chi connectivity index (χ2n) is 10.6. The highest BCUT2D eigenvalue weighted by Gasteiger charge is 2.30. The first-order valence-corrected chi connectivity index (χ1v) is 13.6. The highest BCUT2D eigenvalue weighted by Crippen LogP contribution is 2.40. The molecule has 4 heterocycles. The van der Waals surface area contributed by atoms with Crippen LogP contribution >= 0.6 is 0 Å². The van der Waals surface area contributed by atoms with E-state index in [1.807, 2.05) is 17.0 Å². The Bertz CT molecular complexity index is 1290. The van der Waals surface area contributed by atoms with E-state index >= 15 is 0 Å². The molecule has 1 amide bonds. The van der Waals surface area contributed by atoms with Gasteiger partial charge in [0.2, 0.25) is 5.91 Å². The van der Waals surface area contributed by atoms with Gasteiger partial charge in [-0.25, -0.2) is 0 Å². The summed E-state index contributed by atoms with van der Waals surface area (Å²) in [6, 6.07) is 12.5. The predicted molar refractivity (Wildman–Crippen MR) is 143 cm³/mol. The highest BCUT2D eigenvalue weighted by molar-refractivity contribution is 6.04. The molecule has 2 fully saturated rings. The lowest BCUT2D eigenvalue weighted by atomic mass is 9.93. The lowest BCUT2D eigenvalue weighted by Crippen LogP contribution is -2.45. The molecule has 1 atom stereocenters. The minimum Gasteiger partial charge on any atom is -0.460 e. The van der Waals surface area contributed by atoms with Gasteiger partial charge in [-0.1, -0.05) is 29.8 Å². The summed E-state index contributed by atoms with van der Waals surface area (Å²) in [5, 5.41) is 12.8. The second-order valence-corrected chi connectivity index (χ2v) is 10.6. The number of hydrogen-bond donors (Lipinski definition) is 1. The zero-order chi connectivity index (χ0) is 25.2. The van der Waals surface area contributed by atoms with Gasteiger partial charge in [0.1, 0.15) is 11.5 Å². The number of fused-ring (bicyclic) bond motifs is 1. The number of oxime groups is 1. The molecule has 1 unspecified atom stereocenters. The largest absolute Gasteiger partial charge is 0.460 e.